The molecule has 0 bridgehead atoms. The molecule has 2 heterocycles. The number of benzene rings is 1. The topological polar surface area (TPSA) is 18.8 Å². The van der Waals surface area contributed by atoms with E-state index in [1.165, 1.54) is 26.4 Å². The van der Waals surface area contributed by atoms with Crippen LogP contribution in [0.15, 0.2) is 35.4 Å². The van der Waals surface area contributed by atoms with Crippen molar-refractivity contribution in [3.05, 3.63) is 56.8 Å². The summed E-state index contributed by atoms with van der Waals surface area (Å²) in [5, 5.41) is 6.82. The van der Waals surface area contributed by atoms with Crippen LogP contribution < -0.4 is 0 Å². The van der Waals surface area contributed by atoms with Crippen molar-refractivity contribution in [3.63, 3.8) is 0 Å². The minimum Gasteiger partial charge on any atom is -0.295 e. The second-order valence-corrected chi connectivity index (χ2v) is 7.67. The maximum absolute atomic E-state index is 4.63. The van der Waals surface area contributed by atoms with Crippen molar-refractivity contribution >= 4 is 17.6 Å². The van der Waals surface area contributed by atoms with Gasteiger partial charge in [-0.15, -0.1) is 11.3 Å². The molecule has 1 fully saturated rings. The molecule has 1 aliphatic heterocycles. The smallest absolute Gasteiger partial charge is 0.0642 e. The second-order valence-electron chi connectivity index (χ2n) is 6.35. The number of nitrogens with zero attached hydrogens (tertiary/aromatic N) is 3. The van der Waals surface area contributed by atoms with Crippen LogP contribution in [0, 0.1) is 20.8 Å². The standard InChI is InChI=1S/C19H25N3S/c1-15-4-6-18(16(2)12-15)14-21-8-10-22(11-9-21)20-13-19-7-5-17(3)23-19/h4-7,12-13H,8-11,14H2,1-3H3. The largest absolute Gasteiger partial charge is 0.295 e. The lowest BCUT2D eigenvalue weighted by molar-refractivity contribution is 0.131. The highest BCUT2D eigenvalue weighted by Crippen LogP contribution is 2.15. The molecule has 0 saturated carbocycles. The summed E-state index contributed by atoms with van der Waals surface area (Å²) in [4.78, 5) is 5.10. The molecule has 0 aliphatic carbocycles. The van der Waals surface area contributed by atoms with Gasteiger partial charge in [0.2, 0.25) is 0 Å². The fourth-order valence-corrected chi connectivity index (χ4v) is 3.68. The van der Waals surface area contributed by atoms with Crippen molar-refractivity contribution in [2.45, 2.75) is 27.3 Å². The average Bonchev–Trinajstić information content (AvgIpc) is 2.95. The van der Waals surface area contributed by atoms with Crippen LogP contribution in [0.3, 0.4) is 0 Å². The summed E-state index contributed by atoms with van der Waals surface area (Å²) >= 11 is 1.79. The van der Waals surface area contributed by atoms with Crippen LogP contribution in [0.1, 0.15) is 26.4 Å². The molecule has 2 aromatic rings. The normalized spacial score (nSPS) is 16.4. The SMILES string of the molecule is Cc1ccc(CN2CCN(N=Cc3ccc(C)s3)CC2)c(C)c1. The highest BCUT2D eigenvalue weighted by Gasteiger charge is 2.16. The summed E-state index contributed by atoms with van der Waals surface area (Å²) in [6, 6.07) is 11.0. The first-order chi connectivity index (χ1) is 11.1. The highest BCUT2D eigenvalue weighted by molar-refractivity contribution is 7.13. The zero-order valence-electron chi connectivity index (χ0n) is 14.2. The van der Waals surface area contributed by atoms with Gasteiger partial charge in [0.15, 0.2) is 0 Å². The first-order valence-electron chi connectivity index (χ1n) is 8.24. The number of hydrazone groups is 1. The first kappa shape index (κ1) is 16.2. The van der Waals surface area contributed by atoms with Gasteiger partial charge < -0.3 is 0 Å². The van der Waals surface area contributed by atoms with Gasteiger partial charge >= 0.3 is 0 Å². The maximum atomic E-state index is 4.63. The predicted molar refractivity (Wildman–Crippen MR) is 99.4 cm³/mol. The average molecular weight is 327 g/mol. The van der Waals surface area contributed by atoms with Crippen LogP contribution in [0.25, 0.3) is 0 Å². The summed E-state index contributed by atoms with van der Waals surface area (Å²) in [7, 11) is 0. The maximum Gasteiger partial charge on any atom is 0.0642 e. The molecule has 1 saturated heterocycles. The number of aryl methyl sites for hydroxylation is 3. The van der Waals surface area contributed by atoms with Crippen LogP contribution in [-0.2, 0) is 6.54 Å². The van der Waals surface area contributed by atoms with Crippen molar-refractivity contribution in [2.75, 3.05) is 26.2 Å². The molecule has 3 nitrogen and oxygen atoms in total. The van der Waals surface area contributed by atoms with E-state index in [1.54, 1.807) is 11.3 Å². The van der Waals surface area contributed by atoms with Crippen LogP contribution >= 0.6 is 11.3 Å². The minimum atomic E-state index is 1.01. The molecule has 122 valence electrons. The van der Waals surface area contributed by atoms with Crippen LogP contribution in [0.4, 0.5) is 0 Å². The van der Waals surface area contributed by atoms with E-state index in [9.17, 15) is 0 Å². The van der Waals surface area contributed by atoms with Gasteiger partial charge in [-0.2, -0.15) is 5.10 Å². The Kier molecular flexibility index (Phi) is 5.13. The molecule has 0 unspecified atom stereocenters. The van der Waals surface area contributed by atoms with Gasteiger partial charge in [0.05, 0.1) is 6.21 Å². The molecule has 1 aromatic heterocycles. The van der Waals surface area contributed by atoms with E-state index in [4.69, 9.17) is 0 Å². The fraction of sp³-hybridized carbons (Fsp3) is 0.421. The molecule has 23 heavy (non-hydrogen) atoms. The molecule has 4 heteroatoms. The van der Waals surface area contributed by atoms with E-state index in [1.807, 2.05) is 6.21 Å². The summed E-state index contributed by atoms with van der Waals surface area (Å²) < 4.78 is 0. The van der Waals surface area contributed by atoms with E-state index in [0.717, 1.165) is 32.7 Å². The Labute approximate surface area is 143 Å². The van der Waals surface area contributed by atoms with Gasteiger partial charge in [-0.25, -0.2) is 0 Å². The molecule has 0 N–H and O–H groups in total. The number of piperazine rings is 1. The van der Waals surface area contributed by atoms with Crippen LogP contribution in [-0.4, -0.2) is 42.3 Å². The zero-order valence-corrected chi connectivity index (χ0v) is 15.1. The predicted octanol–water partition coefficient (Wildman–Crippen LogP) is 3.83. The van der Waals surface area contributed by atoms with Gasteiger partial charge in [-0.3, -0.25) is 9.91 Å². The lowest BCUT2D eigenvalue weighted by Crippen LogP contribution is -2.43. The van der Waals surface area contributed by atoms with E-state index in [-0.39, 0.29) is 0 Å². The summed E-state index contributed by atoms with van der Waals surface area (Å²) in [6.45, 7) is 11.7. The fourth-order valence-electron chi connectivity index (χ4n) is 2.94. The molecule has 0 spiro atoms. The molecule has 0 atom stereocenters. The third-order valence-electron chi connectivity index (χ3n) is 4.35. The molecule has 0 amide bonds. The third kappa shape index (κ3) is 4.43. The van der Waals surface area contributed by atoms with E-state index < -0.39 is 0 Å². The molecule has 0 radical (unpaired) electrons. The number of hydrogen-bond donors (Lipinski definition) is 0. The van der Waals surface area contributed by atoms with E-state index in [0.29, 0.717) is 0 Å². The van der Waals surface area contributed by atoms with Gasteiger partial charge in [0.1, 0.15) is 0 Å². The Hall–Kier alpha value is -1.65. The van der Waals surface area contributed by atoms with Crippen molar-refractivity contribution in [1.29, 1.82) is 0 Å². The minimum absolute atomic E-state index is 1.01. The molecule has 1 aromatic carbocycles. The Morgan fingerprint density at radius 2 is 1.83 bits per heavy atom. The van der Waals surface area contributed by atoms with E-state index >= 15 is 0 Å². The van der Waals surface area contributed by atoms with Crippen molar-refractivity contribution < 1.29 is 0 Å². The Morgan fingerprint density at radius 1 is 1.04 bits per heavy atom. The van der Waals surface area contributed by atoms with Crippen molar-refractivity contribution in [3.8, 4) is 0 Å². The molecule has 1 aliphatic rings. The van der Waals surface area contributed by atoms with Gasteiger partial charge in [-0.1, -0.05) is 23.8 Å². The van der Waals surface area contributed by atoms with Gasteiger partial charge in [-0.05, 0) is 44.0 Å². The third-order valence-corrected chi connectivity index (χ3v) is 5.29. The summed E-state index contributed by atoms with van der Waals surface area (Å²) in [5.74, 6) is 0. The quantitative estimate of drug-likeness (QED) is 0.795. The Bertz CT molecular complexity index is 682. The molecular weight excluding hydrogens is 302 g/mol. The van der Waals surface area contributed by atoms with E-state index in [2.05, 4.69) is 66.1 Å². The van der Waals surface area contributed by atoms with Crippen LogP contribution in [0.2, 0.25) is 0 Å². The zero-order chi connectivity index (χ0) is 16.2. The Morgan fingerprint density at radius 3 is 2.48 bits per heavy atom. The molecule has 3 rings (SSSR count). The first-order valence-corrected chi connectivity index (χ1v) is 9.06. The monoisotopic (exact) mass is 327 g/mol. The number of hydrogen-bond acceptors (Lipinski definition) is 4. The van der Waals surface area contributed by atoms with Gasteiger partial charge in [0.25, 0.3) is 0 Å². The van der Waals surface area contributed by atoms with Crippen molar-refractivity contribution in [2.24, 2.45) is 5.10 Å². The lowest BCUT2D eigenvalue weighted by Gasteiger charge is -2.33. The molecular formula is C19H25N3S. The number of thiophene rings is 1. The van der Waals surface area contributed by atoms with Crippen LogP contribution in [0.5, 0.6) is 0 Å². The van der Waals surface area contributed by atoms with Gasteiger partial charge in [0, 0.05) is 42.5 Å². The summed E-state index contributed by atoms with van der Waals surface area (Å²) in [6.07, 6.45) is 2.00. The lowest BCUT2D eigenvalue weighted by atomic mass is 10.1. The summed E-state index contributed by atoms with van der Waals surface area (Å²) in [5.41, 5.74) is 4.19. The second kappa shape index (κ2) is 7.28. The number of rotatable bonds is 4. The highest BCUT2D eigenvalue weighted by atomic mass is 32.1. The Balaban J connectivity index is 1.51. The van der Waals surface area contributed by atoms with Crippen molar-refractivity contribution in [1.82, 2.24) is 9.91 Å².